The number of aryl methyl sites for hydroxylation is 1. The van der Waals surface area contributed by atoms with Crippen molar-refractivity contribution in [2.45, 2.75) is 13.1 Å². The van der Waals surface area contributed by atoms with Crippen molar-refractivity contribution >= 4 is 5.91 Å². The molecular weight excluding hydrogens is 306 g/mol. The summed E-state index contributed by atoms with van der Waals surface area (Å²) in [5.41, 5.74) is 2.19. The van der Waals surface area contributed by atoms with Gasteiger partial charge in [-0.25, -0.2) is 9.67 Å². The summed E-state index contributed by atoms with van der Waals surface area (Å²) < 4.78 is 3.15. The van der Waals surface area contributed by atoms with E-state index in [-0.39, 0.29) is 11.5 Å². The van der Waals surface area contributed by atoms with Gasteiger partial charge in [0.25, 0.3) is 11.5 Å². The van der Waals surface area contributed by atoms with Gasteiger partial charge in [-0.05, 0) is 17.2 Å². The van der Waals surface area contributed by atoms with Crippen LogP contribution in [0.3, 0.4) is 0 Å². The summed E-state index contributed by atoms with van der Waals surface area (Å²) in [4.78, 5) is 27.6. The Hall–Kier alpha value is -3.22. The quantitative estimate of drug-likeness (QED) is 0.758. The molecule has 2 aromatic heterocycles. The smallest absolute Gasteiger partial charge is 0.251 e. The van der Waals surface area contributed by atoms with Crippen molar-refractivity contribution in [3.05, 3.63) is 82.3 Å². The van der Waals surface area contributed by atoms with Crippen LogP contribution in [-0.4, -0.2) is 25.2 Å². The summed E-state index contributed by atoms with van der Waals surface area (Å²) in [6, 6.07) is 10.8. The summed E-state index contributed by atoms with van der Waals surface area (Å²) in [6.07, 6.45) is 4.73. The molecule has 0 saturated heterocycles. The van der Waals surface area contributed by atoms with Crippen molar-refractivity contribution in [1.29, 1.82) is 0 Å². The Labute approximate surface area is 138 Å². The molecule has 0 aliphatic rings. The summed E-state index contributed by atoms with van der Waals surface area (Å²) >= 11 is 0. The van der Waals surface area contributed by atoms with Gasteiger partial charge in [-0.1, -0.05) is 24.3 Å². The summed E-state index contributed by atoms with van der Waals surface area (Å²) in [5, 5.41) is 6.90. The molecule has 3 rings (SSSR count). The highest BCUT2D eigenvalue weighted by atomic mass is 16.2. The lowest BCUT2D eigenvalue weighted by Crippen LogP contribution is -2.25. The summed E-state index contributed by atoms with van der Waals surface area (Å²) in [5.74, 6) is -0.269. The fourth-order valence-electron chi connectivity index (χ4n) is 2.31. The molecule has 1 amide bonds. The molecule has 1 aromatic carbocycles. The van der Waals surface area contributed by atoms with Crippen LogP contribution in [0, 0.1) is 0 Å². The zero-order valence-electron chi connectivity index (χ0n) is 13.2. The summed E-state index contributed by atoms with van der Waals surface area (Å²) in [6.45, 7) is 1.01. The monoisotopic (exact) mass is 323 g/mol. The molecule has 1 N–H and O–H groups in total. The van der Waals surface area contributed by atoms with E-state index in [1.165, 1.54) is 17.0 Å². The van der Waals surface area contributed by atoms with E-state index in [0.717, 1.165) is 11.1 Å². The predicted molar refractivity (Wildman–Crippen MR) is 88.4 cm³/mol. The first-order valence-electron chi connectivity index (χ1n) is 7.47. The predicted octanol–water partition coefficient (Wildman–Crippen LogP) is 0.955. The van der Waals surface area contributed by atoms with Crippen molar-refractivity contribution in [2.75, 3.05) is 0 Å². The van der Waals surface area contributed by atoms with Gasteiger partial charge in [0.15, 0.2) is 0 Å². The Bertz CT molecular complexity index is 899. The number of benzene rings is 1. The normalized spacial score (nSPS) is 10.5. The second kappa shape index (κ2) is 6.91. The van der Waals surface area contributed by atoms with Gasteiger partial charge in [-0.15, -0.1) is 0 Å². The number of pyridine rings is 1. The Morgan fingerprint density at radius 1 is 1.21 bits per heavy atom. The molecule has 24 heavy (non-hydrogen) atoms. The second-order valence-corrected chi connectivity index (χ2v) is 5.46. The lowest BCUT2D eigenvalue weighted by atomic mass is 10.1. The van der Waals surface area contributed by atoms with Crippen molar-refractivity contribution < 1.29 is 4.79 Å². The van der Waals surface area contributed by atoms with E-state index in [4.69, 9.17) is 0 Å². The second-order valence-electron chi connectivity index (χ2n) is 5.46. The third kappa shape index (κ3) is 3.75. The van der Waals surface area contributed by atoms with Gasteiger partial charge in [0.2, 0.25) is 0 Å². The van der Waals surface area contributed by atoms with E-state index in [2.05, 4.69) is 15.4 Å². The fraction of sp³-hybridized carbons (Fsp3) is 0.176. The standard InChI is InChI=1S/C17H17N5O2/c1-21-6-5-15(8-16(21)23)17(24)19-9-13-3-2-4-14(7-13)10-22-12-18-11-20-22/h2-8,11-12H,9-10H2,1H3,(H,19,24). The van der Waals surface area contributed by atoms with Crippen LogP contribution in [0.1, 0.15) is 21.5 Å². The SMILES string of the molecule is Cn1ccc(C(=O)NCc2cccc(Cn3cncn3)c2)cc1=O. The average molecular weight is 323 g/mol. The Kier molecular flexibility index (Phi) is 4.51. The van der Waals surface area contributed by atoms with Crippen LogP contribution in [0.2, 0.25) is 0 Å². The molecule has 0 aliphatic heterocycles. The molecule has 2 heterocycles. The van der Waals surface area contributed by atoms with Crippen LogP contribution >= 0.6 is 0 Å². The van der Waals surface area contributed by atoms with E-state index >= 15 is 0 Å². The number of nitrogens with one attached hydrogen (secondary N) is 1. The van der Waals surface area contributed by atoms with Crippen molar-refractivity contribution in [3.8, 4) is 0 Å². The molecule has 0 saturated carbocycles. The maximum absolute atomic E-state index is 12.1. The highest BCUT2D eigenvalue weighted by Crippen LogP contribution is 2.07. The van der Waals surface area contributed by atoms with Crippen molar-refractivity contribution in [3.63, 3.8) is 0 Å². The summed E-state index contributed by atoms with van der Waals surface area (Å²) in [7, 11) is 1.64. The molecule has 3 aromatic rings. The molecule has 0 bridgehead atoms. The van der Waals surface area contributed by atoms with Gasteiger partial charge < -0.3 is 9.88 Å². The molecule has 0 radical (unpaired) electrons. The molecule has 0 spiro atoms. The Balaban J connectivity index is 1.64. The molecule has 7 nitrogen and oxygen atoms in total. The number of carbonyl (C=O) groups is 1. The van der Waals surface area contributed by atoms with E-state index < -0.39 is 0 Å². The maximum Gasteiger partial charge on any atom is 0.251 e. The number of aromatic nitrogens is 4. The van der Waals surface area contributed by atoms with Gasteiger partial charge in [0.05, 0.1) is 6.54 Å². The number of hydrogen-bond donors (Lipinski definition) is 1. The minimum atomic E-state index is -0.269. The van der Waals surface area contributed by atoms with Crippen molar-refractivity contribution in [2.24, 2.45) is 7.05 Å². The van der Waals surface area contributed by atoms with Crippen LogP contribution in [0.4, 0.5) is 0 Å². The largest absolute Gasteiger partial charge is 0.348 e. The molecule has 0 unspecified atom stereocenters. The molecule has 122 valence electrons. The van der Waals surface area contributed by atoms with Crippen molar-refractivity contribution in [1.82, 2.24) is 24.6 Å². The molecule has 7 heteroatoms. The first kappa shape index (κ1) is 15.7. The Morgan fingerprint density at radius 2 is 2.04 bits per heavy atom. The van der Waals surface area contributed by atoms with Gasteiger partial charge in [0.1, 0.15) is 12.7 Å². The maximum atomic E-state index is 12.1. The number of hydrogen-bond acceptors (Lipinski definition) is 4. The van der Waals surface area contributed by atoms with Gasteiger partial charge in [-0.2, -0.15) is 5.10 Å². The topological polar surface area (TPSA) is 81.8 Å². The van der Waals surface area contributed by atoms with Crippen LogP contribution in [-0.2, 0) is 20.1 Å². The number of nitrogens with zero attached hydrogens (tertiary/aromatic N) is 4. The van der Waals surface area contributed by atoms with E-state index in [1.807, 2.05) is 24.3 Å². The molecule has 0 aliphatic carbocycles. The lowest BCUT2D eigenvalue weighted by Gasteiger charge is -2.08. The number of carbonyl (C=O) groups excluding carboxylic acids is 1. The van der Waals surface area contributed by atoms with E-state index in [9.17, 15) is 9.59 Å². The highest BCUT2D eigenvalue weighted by Gasteiger charge is 2.07. The van der Waals surface area contributed by atoms with Gasteiger partial charge in [0, 0.05) is 31.4 Å². The highest BCUT2D eigenvalue weighted by molar-refractivity contribution is 5.93. The minimum Gasteiger partial charge on any atom is -0.348 e. The first-order valence-corrected chi connectivity index (χ1v) is 7.47. The number of rotatable bonds is 5. The lowest BCUT2D eigenvalue weighted by molar-refractivity contribution is 0.0950. The first-order chi connectivity index (χ1) is 11.6. The zero-order chi connectivity index (χ0) is 16.9. The van der Waals surface area contributed by atoms with Crippen LogP contribution in [0.5, 0.6) is 0 Å². The Morgan fingerprint density at radius 3 is 2.79 bits per heavy atom. The number of amides is 1. The van der Waals surface area contributed by atoms with Crippen LogP contribution < -0.4 is 10.9 Å². The third-order valence-electron chi connectivity index (χ3n) is 3.62. The average Bonchev–Trinajstić information content (AvgIpc) is 3.08. The van der Waals surface area contributed by atoms with Crippen LogP contribution in [0.15, 0.2) is 60.0 Å². The molecule has 0 fully saturated rings. The minimum absolute atomic E-state index is 0.211. The molecular formula is C17H17N5O2. The zero-order valence-corrected chi connectivity index (χ0v) is 13.2. The fourth-order valence-corrected chi connectivity index (χ4v) is 2.31. The van der Waals surface area contributed by atoms with Gasteiger partial charge in [-0.3, -0.25) is 9.59 Å². The van der Waals surface area contributed by atoms with Gasteiger partial charge >= 0.3 is 0 Å². The molecule has 0 atom stereocenters. The van der Waals surface area contributed by atoms with E-state index in [0.29, 0.717) is 18.7 Å². The van der Waals surface area contributed by atoms with Crippen LogP contribution in [0.25, 0.3) is 0 Å². The third-order valence-corrected chi connectivity index (χ3v) is 3.62. The van der Waals surface area contributed by atoms with E-state index in [1.54, 1.807) is 30.3 Å².